The molecule has 0 aliphatic heterocycles. The first kappa shape index (κ1) is 15.6. The summed E-state index contributed by atoms with van der Waals surface area (Å²) in [6.07, 6.45) is 3.87. The van der Waals surface area contributed by atoms with Gasteiger partial charge in [0.25, 0.3) is 0 Å². The molecule has 1 aromatic heterocycles. The Hall–Kier alpha value is -2.30. The molecule has 23 heavy (non-hydrogen) atoms. The van der Waals surface area contributed by atoms with E-state index in [9.17, 15) is 9.50 Å². The number of nitrogens with zero attached hydrogens (tertiary/aromatic N) is 1. The SMILES string of the molecule is CC(O)(c1cccc(F)c1)c1nc(/C=C/c2ccccc2)cs1. The molecule has 1 heterocycles. The van der Waals surface area contributed by atoms with Crippen LogP contribution >= 0.6 is 11.3 Å². The molecule has 2 nitrogen and oxygen atoms in total. The summed E-state index contributed by atoms with van der Waals surface area (Å²) in [4.78, 5) is 4.46. The lowest BCUT2D eigenvalue weighted by Crippen LogP contribution is -2.22. The lowest BCUT2D eigenvalue weighted by Gasteiger charge is -2.21. The highest BCUT2D eigenvalue weighted by molar-refractivity contribution is 7.09. The molecule has 0 radical (unpaired) electrons. The molecule has 0 spiro atoms. The van der Waals surface area contributed by atoms with Crippen LogP contribution in [0.15, 0.2) is 60.0 Å². The fourth-order valence-electron chi connectivity index (χ4n) is 2.25. The first-order chi connectivity index (χ1) is 11.1. The standard InChI is InChI=1S/C19H16FNOS/c1-19(22,15-8-5-9-16(20)12-15)18-21-17(13-23-18)11-10-14-6-3-2-4-7-14/h2-13,22H,1H3/b11-10+. The molecule has 0 bridgehead atoms. The van der Waals surface area contributed by atoms with Crippen molar-refractivity contribution >= 4 is 23.5 Å². The zero-order chi connectivity index (χ0) is 16.3. The number of aliphatic hydroxyl groups is 1. The zero-order valence-corrected chi connectivity index (χ0v) is 13.4. The van der Waals surface area contributed by atoms with E-state index < -0.39 is 5.60 Å². The van der Waals surface area contributed by atoms with Gasteiger partial charge in [-0.15, -0.1) is 11.3 Å². The van der Waals surface area contributed by atoms with Crippen molar-refractivity contribution in [1.82, 2.24) is 4.98 Å². The largest absolute Gasteiger partial charge is 0.378 e. The zero-order valence-electron chi connectivity index (χ0n) is 12.6. The summed E-state index contributed by atoms with van der Waals surface area (Å²) in [5, 5.41) is 13.2. The Morgan fingerprint density at radius 3 is 2.61 bits per heavy atom. The quantitative estimate of drug-likeness (QED) is 0.753. The summed E-state index contributed by atoms with van der Waals surface area (Å²) in [5.74, 6) is -0.372. The molecule has 0 saturated carbocycles. The maximum Gasteiger partial charge on any atom is 0.138 e. The van der Waals surface area contributed by atoms with Gasteiger partial charge in [0.2, 0.25) is 0 Å². The third-order valence-electron chi connectivity index (χ3n) is 3.57. The van der Waals surface area contributed by atoms with Gasteiger partial charge in [0.05, 0.1) is 5.69 Å². The summed E-state index contributed by atoms with van der Waals surface area (Å²) in [6.45, 7) is 1.63. The minimum atomic E-state index is -1.31. The van der Waals surface area contributed by atoms with Crippen LogP contribution in [0.1, 0.15) is 28.8 Å². The maximum absolute atomic E-state index is 13.4. The van der Waals surface area contributed by atoms with E-state index >= 15 is 0 Å². The van der Waals surface area contributed by atoms with Crippen molar-refractivity contribution in [3.05, 3.63) is 87.6 Å². The summed E-state index contributed by atoms with van der Waals surface area (Å²) in [6, 6.07) is 15.9. The second-order valence-electron chi connectivity index (χ2n) is 5.40. The van der Waals surface area contributed by atoms with E-state index in [4.69, 9.17) is 0 Å². The summed E-state index contributed by atoms with van der Waals surface area (Å²) in [7, 11) is 0. The lowest BCUT2D eigenvalue weighted by atomic mass is 9.97. The molecular formula is C19H16FNOS. The molecule has 4 heteroatoms. The fraction of sp³-hybridized carbons (Fsp3) is 0.105. The van der Waals surface area contributed by atoms with Crippen molar-refractivity contribution in [2.24, 2.45) is 0 Å². The Kier molecular flexibility index (Phi) is 4.37. The molecular weight excluding hydrogens is 309 g/mol. The van der Waals surface area contributed by atoms with Crippen LogP contribution in [0.2, 0.25) is 0 Å². The van der Waals surface area contributed by atoms with Crippen LogP contribution in [0.5, 0.6) is 0 Å². The van der Waals surface area contributed by atoms with Crippen LogP contribution in [0, 0.1) is 5.82 Å². The van der Waals surface area contributed by atoms with Gasteiger partial charge < -0.3 is 5.11 Å². The summed E-state index contributed by atoms with van der Waals surface area (Å²) in [5.41, 5.74) is 1.03. The molecule has 0 aliphatic carbocycles. The van der Waals surface area contributed by atoms with E-state index in [2.05, 4.69) is 4.98 Å². The van der Waals surface area contributed by atoms with Gasteiger partial charge in [0.15, 0.2) is 0 Å². The highest BCUT2D eigenvalue weighted by Crippen LogP contribution is 2.32. The molecule has 0 fully saturated rings. The van der Waals surface area contributed by atoms with E-state index in [1.165, 1.54) is 23.5 Å². The number of aromatic nitrogens is 1. The van der Waals surface area contributed by atoms with E-state index in [0.717, 1.165) is 11.3 Å². The highest BCUT2D eigenvalue weighted by atomic mass is 32.1. The lowest BCUT2D eigenvalue weighted by molar-refractivity contribution is 0.101. The minimum absolute atomic E-state index is 0.372. The minimum Gasteiger partial charge on any atom is -0.378 e. The van der Waals surface area contributed by atoms with Gasteiger partial charge in [-0.3, -0.25) is 0 Å². The van der Waals surface area contributed by atoms with Gasteiger partial charge in [0, 0.05) is 5.38 Å². The number of benzene rings is 2. The van der Waals surface area contributed by atoms with Crippen molar-refractivity contribution < 1.29 is 9.50 Å². The fourth-order valence-corrected chi connectivity index (χ4v) is 3.12. The van der Waals surface area contributed by atoms with E-state index in [1.807, 2.05) is 47.9 Å². The normalized spacial score (nSPS) is 14.0. The molecule has 1 atom stereocenters. The number of hydrogen-bond donors (Lipinski definition) is 1. The van der Waals surface area contributed by atoms with Crippen LogP contribution < -0.4 is 0 Å². The van der Waals surface area contributed by atoms with Gasteiger partial charge in [-0.2, -0.15) is 0 Å². The Morgan fingerprint density at radius 2 is 1.87 bits per heavy atom. The average Bonchev–Trinajstić information content (AvgIpc) is 3.04. The molecule has 116 valence electrons. The summed E-state index contributed by atoms with van der Waals surface area (Å²) < 4.78 is 13.4. The van der Waals surface area contributed by atoms with Crippen molar-refractivity contribution in [1.29, 1.82) is 0 Å². The molecule has 2 aromatic carbocycles. The van der Waals surface area contributed by atoms with E-state index in [-0.39, 0.29) is 5.82 Å². The molecule has 0 aliphatic rings. The number of thiazole rings is 1. The second kappa shape index (κ2) is 6.44. The van der Waals surface area contributed by atoms with Gasteiger partial charge in [-0.25, -0.2) is 9.37 Å². The Morgan fingerprint density at radius 1 is 1.09 bits per heavy atom. The van der Waals surface area contributed by atoms with Crippen molar-refractivity contribution in [3.63, 3.8) is 0 Å². The second-order valence-corrected chi connectivity index (χ2v) is 6.26. The average molecular weight is 325 g/mol. The van der Waals surface area contributed by atoms with Gasteiger partial charge >= 0.3 is 0 Å². The maximum atomic E-state index is 13.4. The molecule has 0 amide bonds. The molecule has 1 unspecified atom stereocenters. The Labute approximate surface area is 138 Å². The summed E-state index contributed by atoms with van der Waals surface area (Å²) >= 11 is 1.36. The Bertz CT molecular complexity index is 824. The van der Waals surface area contributed by atoms with Crippen LogP contribution in [-0.2, 0) is 5.60 Å². The Balaban J connectivity index is 1.85. The van der Waals surface area contributed by atoms with Crippen molar-refractivity contribution in [2.75, 3.05) is 0 Å². The van der Waals surface area contributed by atoms with Crippen molar-refractivity contribution in [3.8, 4) is 0 Å². The smallest absolute Gasteiger partial charge is 0.138 e. The number of halogens is 1. The monoisotopic (exact) mass is 325 g/mol. The topological polar surface area (TPSA) is 33.1 Å². The molecule has 1 N–H and O–H groups in total. The number of hydrogen-bond acceptors (Lipinski definition) is 3. The third kappa shape index (κ3) is 3.55. The van der Waals surface area contributed by atoms with Crippen LogP contribution in [-0.4, -0.2) is 10.1 Å². The highest BCUT2D eigenvalue weighted by Gasteiger charge is 2.29. The van der Waals surface area contributed by atoms with Crippen LogP contribution in [0.3, 0.4) is 0 Å². The number of rotatable bonds is 4. The first-order valence-electron chi connectivity index (χ1n) is 7.23. The molecule has 0 saturated heterocycles. The predicted molar refractivity (Wildman–Crippen MR) is 92.6 cm³/mol. The third-order valence-corrected chi connectivity index (χ3v) is 4.64. The van der Waals surface area contributed by atoms with Gasteiger partial charge in [-0.05, 0) is 36.3 Å². The van der Waals surface area contributed by atoms with Crippen LogP contribution in [0.25, 0.3) is 12.2 Å². The predicted octanol–water partition coefficient (Wildman–Crippen LogP) is 4.71. The molecule has 3 rings (SSSR count). The van der Waals surface area contributed by atoms with Crippen LogP contribution in [0.4, 0.5) is 4.39 Å². The van der Waals surface area contributed by atoms with E-state index in [0.29, 0.717) is 10.6 Å². The molecule has 3 aromatic rings. The van der Waals surface area contributed by atoms with E-state index in [1.54, 1.807) is 19.1 Å². The van der Waals surface area contributed by atoms with Gasteiger partial charge in [-0.1, -0.05) is 48.5 Å². The first-order valence-corrected chi connectivity index (χ1v) is 8.11. The van der Waals surface area contributed by atoms with Crippen molar-refractivity contribution in [2.45, 2.75) is 12.5 Å². The van der Waals surface area contributed by atoms with Gasteiger partial charge in [0.1, 0.15) is 16.4 Å².